The number of Topliss-reactive ketones (excluding diaryl/α,β-unsaturated/α-hetero) is 1. The summed E-state index contributed by atoms with van der Waals surface area (Å²) in [4.78, 5) is 14.2. The molecule has 0 unspecified atom stereocenters. The summed E-state index contributed by atoms with van der Waals surface area (Å²) in [6.07, 6.45) is 1.35. The molecule has 0 aliphatic heterocycles. The van der Waals surface area contributed by atoms with Crippen LogP contribution in [0.5, 0.6) is 0 Å². The summed E-state index contributed by atoms with van der Waals surface area (Å²) in [7, 11) is 1.60. The van der Waals surface area contributed by atoms with Gasteiger partial charge in [-0.05, 0) is 0 Å². The molecule has 0 bridgehead atoms. The van der Waals surface area contributed by atoms with Gasteiger partial charge in [0, 0.05) is 13.0 Å². The van der Waals surface area contributed by atoms with Crippen LogP contribution < -0.4 is 0 Å². The number of carbonyl (C=O) groups is 1. The normalized spacial score (nSPS) is 11.0. The van der Waals surface area contributed by atoms with Gasteiger partial charge in [-0.15, -0.1) is 0 Å². The highest BCUT2D eigenvalue weighted by Crippen LogP contribution is 1.89. The molecule has 8 heavy (non-hydrogen) atoms. The van der Waals surface area contributed by atoms with Crippen molar-refractivity contribution in [3.8, 4) is 0 Å². The second-order valence-corrected chi connectivity index (χ2v) is 1.94. The van der Waals surface area contributed by atoms with Crippen molar-refractivity contribution in [2.45, 2.75) is 13.8 Å². The lowest BCUT2D eigenvalue weighted by Gasteiger charge is -1.92. The average molecular weight is 113 g/mol. The molecule has 0 aliphatic rings. The zero-order valence-corrected chi connectivity index (χ0v) is 5.51. The van der Waals surface area contributed by atoms with Crippen LogP contribution in [0.4, 0.5) is 0 Å². The van der Waals surface area contributed by atoms with E-state index in [0.717, 1.165) is 0 Å². The molecule has 0 radical (unpaired) electrons. The van der Waals surface area contributed by atoms with Crippen molar-refractivity contribution in [3.63, 3.8) is 0 Å². The van der Waals surface area contributed by atoms with E-state index >= 15 is 0 Å². The molecule has 0 spiro atoms. The molecule has 0 atom stereocenters. The second-order valence-electron chi connectivity index (χ2n) is 1.94. The Labute approximate surface area is 49.6 Å². The third-order valence-electron chi connectivity index (χ3n) is 0.825. The molecule has 0 heterocycles. The lowest BCUT2D eigenvalue weighted by Crippen LogP contribution is -2.07. The number of hydrogen-bond donors (Lipinski definition) is 0. The number of hydrogen-bond acceptors (Lipinski definition) is 2. The molecule has 0 aromatic rings. The lowest BCUT2D eigenvalue weighted by atomic mass is 10.1. The molecule has 2 heteroatoms. The Kier molecular flexibility index (Phi) is 3.08. The SMILES string of the molecule is CN=CC(=O)C(C)C. The van der Waals surface area contributed by atoms with E-state index in [4.69, 9.17) is 0 Å². The molecule has 0 N–H and O–H groups in total. The van der Waals surface area contributed by atoms with Crippen molar-refractivity contribution in [2.24, 2.45) is 10.9 Å². The molecule has 0 aromatic carbocycles. The van der Waals surface area contributed by atoms with Crippen LogP contribution in [-0.4, -0.2) is 19.0 Å². The minimum absolute atomic E-state index is 0.0821. The second kappa shape index (κ2) is 3.36. The molecule has 0 fully saturated rings. The summed E-state index contributed by atoms with van der Waals surface area (Å²) >= 11 is 0. The van der Waals surface area contributed by atoms with Gasteiger partial charge in [-0.3, -0.25) is 9.79 Å². The molecule has 2 nitrogen and oxygen atoms in total. The first-order valence-corrected chi connectivity index (χ1v) is 2.64. The number of ketones is 1. The van der Waals surface area contributed by atoms with Crippen LogP contribution in [0, 0.1) is 5.92 Å². The van der Waals surface area contributed by atoms with E-state index in [2.05, 4.69) is 4.99 Å². The summed E-state index contributed by atoms with van der Waals surface area (Å²) in [6.45, 7) is 3.70. The van der Waals surface area contributed by atoms with E-state index in [1.807, 2.05) is 13.8 Å². The Morgan fingerprint density at radius 3 is 2.25 bits per heavy atom. The van der Waals surface area contributed by atoms with E-state index < -0.39 is 0 Å². The van der Waals surface area contributed by atoms with E-state index in [9.17, 15) is 4.79 Å². The molecule has 0 saturated carbocycles. The van der Waals surface area contributed by atoms with Gasteiger partial charge in [0.15, 0.2) is 5.78 Å². The third kappa shape index (κ3) is 2.50. The number of nitrogens with zero attached hydrogens (tertiary/aromatic N) is 1. The van der Waals surface area contributed by atoms with Gasteiger partial charge in [0.25, 0.3) is 0 Å². The highest BCUT2D eigenvalue weighted by Gasteiger charge is 2.00. The fourth-order valence-corrected chi connectivity index (χ4v) is 0.276. The van der Waals surface area contributed by atoms with Gasteiger partial charge >= 0.3 is 0 Å². The maximum absolute atomic E-state index is 10.6. The summed E-state index contributed by atoms with van der Waals surface area (Å²) in [5, 5.41) is 0. The molecule has 0 amide bonds. The molecule has 0 rings (SSSR count). The highest BCUT2D eigenvalue weighted by atomic mass is 16.1. The monoisotopic (exact) mass is 113 g/mol. The zero-order chi connectivity index (χ0) is 6.57. The van der Waals surface area contributed by atoms with E-state index in [0.29, 0.717) is 0 Å². The standard InChI is InChI=1S/C6H11NO/c1-5(2)6(8)4-7-3/h4-5H,1-3H3. The predicted molar refractivity (Wildman–Crippen MR) is 34.3 cm³/mol. The fourth-order valence-electron chi connectivity index (χ4n) is 0.276. The lowest BCUT2D eigenvalue weighted by molar-refractivity contribution is -0.115. The first-order chi connectivity index (χ1) is 3.68. The quantitative estimate of drug-likeness (QED) is 0.489. The summed E-state index contributed by atoms with van der Waals surface area (Å²) in [6, 6.07) is 0. The Morgan fingerprint density at radius 1 is 1.62 bits per heavy atom. The Balaban J connectivity index is 3.66. The number of aliphatic imine (C=N–C) groups is 1. The van der Waals surface area contributed by atoms with E-state index in [1.54, 1.807) is 7.05 Å². The maximum Gasteiger partial charge on any atom is 0.175 e. The molecule has 0 aliphatic carbocycles. The van der Waals surface area contributed by atoms with Gasteiger partial charge in [0.1, 0.15) is 0 Å². The summed E-state index contributed by atoms with van der Waals surface area (Å²) in [5.74, 6) is 0.172. The molecular weight excluding hydrogens is 102 g/mol. The number of rotatable bonds is 2. The first-order valence-electron chi connectivity index (χ1n) is 2.64. The van der Waals surface area contributed by atoms with Gasteiger partial charge < -0.3 is 0 Å². The van der Waals surface area contributed by atoms with Crippen LogP contribution in [0.15, 0.2) is 4.99 Å². The first kappa shape index (κ1) is 7.34. The van der Waals surface area contributed by atoms with Gasteiger partial charge in [-0.1, -0.05) is 13.8 Å². The Bertz CT molecular complexity index is 105. The predicted octanol–water partition coefficient (Wildman–Crippen LogP) is 0.912. The van der Waals surface area contributed by atoms with Crippen molar-refractivity contribution in [1.82, 2.24) is 0 Å². The van der Waals surface area contributed by atoms with Crippen molar-refractivity contribution in [3.05, 3.63) is 0 Å². The maximum atomic E-state index is 10.6. The minimum Gasteiger partial charge on any atom is -0.293 e. The fraction of sp³-hybridized carbons (Fsp3) is 0.667. The summed E-state index contributed by atoms with van der Waals surface area (Å²) < 4.78 is 0. The zero-order valence-electron chi connectivity index (χ0n) is 5.51. The van der Waals surface area contributed by atoms with Crippen LogP contribution in [-0.2, 0) is 4.79 Å². The van der Waals surface area contributed by atoms with Gasteiger partial charge in [-0.2, -0.15) is 0 Å². The number of carbonyl (C=O) groups excluding carboxylic acids is 1. The van der Waals surface area contributed by atoms with Crippen LogP contribution in [0.1, 0.15) is 13.8 Å². The minimum atomic E-state index is 0.0821. The molecule has 0 aromatic heterocycles. The molecule has 46 valence electrons. The van der Waals surface area contributed by atoms with E-state index in [1.165, 1.54) is 6.21 Å². The summed E-state index contributed by atoms with van der Waals surface area (Å²) in [5.41, 5.74) is 0. The Hall–Kier alpha value is -0.660. The smallest absolute Gasteiger partial charge is 0.175 e. The van der Waals surface area contributed by atoms with E-state index in [-0.39, 0.29) is 11.7 Å². The van der Waals surface area contributed by atoms with Crippen LogP contribution in [0.25, 0.3) is 0 Å². The van der Waals surface area contributed by atoms with Crippen molar-refractivity contribution < 1.29 is 4.79 Å². The largest absolute Gasteiger partial charge is 0.293 e. The molecule has 0 saturated heterocycles. The molecular formula is C6H11NO. The topological polar surface area (TPSA) is 29.4 Å². The van der Waals surface area contributed by atoms with Crippen LogP contribution in [0.3, 0.4) is 0 Å². The van der Waals surface area contributed by atoms with Gasteiger partial charge in [-0.25, -0.2) is 0 Å². The highest BCUT2D eigenvalue weighted by molar-refractivity contribution is 6.28. The van der Waals surface area contributed by atoms with Crippen molar-refractivity contribution in [1.29, 1.82) is 0 Å². The van der Waals surface area contributed by atoms with Crippen molar-refractivity contribution in [2.75, 3.05) is 7.05 Å². The van der Waals surface area contributed by atoms with Crippen LogP contribution in [0.2, 0.25) is 0 Å². The Morgan fingerprint density at radius 2 is 2.12 bits per heavy atom. The van der Waals surface area contributed by atoms with Gasteiger partial charge in [0.2, 0.25) is 0 Å². The van der Waals surface area contributed by atoms with Crippen molar-refractivity contribution >= 4 is 12.0 Å². The average Bonchev–Trinajstić information content (AvgIpc) is 1.67. The third-order valence-corrected chi connectivity index (χ3v) is 0.825. The van der Waals surface area contributed by atoms with Crippen LogP contribution >= 0.6 is 0 Å². The van der Waals surface area contributed by atoms with Gasteiger partial charge in [0.05, 0.1) is 6.21 Å².